The van der Waals surface area contributed by atoms with Crippen LogP contribution in [0.2, 0.25) is 0 Å². The average Bonchev–Trinajstić information content (AvgIpc) is 2.93. The summed E-state index contributed by atoms with van der Waals surface area (Å²) in [4.78, 5) is 14.6. The first-order chi connectivity index (χ1) is 12.7. The van der Waals surface area contributed by atoms with E-state index < -0.39 is 0 Å². The topological polar surface area (TPSA) is 63.2 Å². The minimum Gasteiger partial charge on any atom is -0.464 e. The Kier molecular flexibility index (Phi) is 8.57. The van der Waals surface area contributed by atoms with E-state index in [0.717, 1.165) is 50.1 Å². The highest BCUT2D eigenvalue weighted by atomic mass is 79.9. The van der Waals surface area contributed by atoms with Gasteiger partial charge in [-0.25, -0.2) is 0 Å². The van der Waals surface area contributed by atoms with E-state index in [4.69, 9.17) is 10.1 Å². The number of para-hydroxylation sites is 2. The molecule has 0 amide bonds. The van der Waals surface area contributed by atoms with Crippen LogP contribution in [-0.2, 0) is 22.6 Å². The zero-order valence-electron chi connectivity index (χ0n) is 16.2. The van der Waals surface area contributed by atoms with Crippen molar-refractivity contribution in [3.8, 4) is 0 Å². The first-order valence-corrected chi connectivity index (χ1v) is 9.81. The Bertz CT molecular complexity index is 793. The number of ether oxygens (including phenoxy) is 1. The number of hydrogen-bond donors (Lipinski definition) is 1. The molecule has 27 heavy (non-hydrogen) atoms. The van der Waals surface area contributed by atoms with Crippen molar-refractivity contribution in [2.75, 3.05) is 26.2 Å². The van der Waals surface area contributed by atoms with E-state index >= 15 is 0 Å². The van der Waals surface area contributed by atoms with Crippen LogP contribution in [0.3, 0.4) is 0 Å². The molecule has 0 aliphatic carbocycles. The van der Waals surface area contributed by atoms with Crippen LogP contribution in [0.5, 0.6) is 0 Å². The quantitative estimate of drug-likeness (QED) is 0.507. The average molecular weight is 439 g/mol. The number of carbonyl (C=O) groups is 1. The molecule has 1 fully saturated rings. The molecule has 150 valence electrons. The number of nitrogens with zero attached hydrogens (tertiary/aromatic N) is 3. The zero-order chi connectivity index (χ0) is 18.4. The van der Waals surface area contributed by atoms with Gasteiger partial charge in [0.05, 0.1) is 17.6 Å². The van der Waals surface area contributed by atoms with E-state index in [1.165, 1.54) is 19.3 Å². The fourth-order valence-electron chi connectivity index (χ4n) is 3.61. The van der Waals surface area contributed by atoms with Gasteiger partial charge in [-0.2, -0.15) is 0 Å². The van der Waals surface area contributed by atoms with Gasteiger partial charge >= 0.3 is 5.97 Å². The van der Waals surface area contributed by atoms with E-state index in [1.54, 1.807) is 4.57 Å². The van der Waals surface area contributed by atoms with Gasteiger partial charge in [0, 0.05) is 13.1 Å². The fourth-order valence-corrected chi connectivity index (χ4v) is 3.61. The fraction of sp³-hybridized carbons (Fsp3) is 0.600. The SMILES string of the molecule is Br.CCCCOC(=O)Cn1c(=N)n(CCN2CCCCC2)c2ccccc21. The standard InChI is InChI=1S/C20H30N4O2.BrH/c1-2-3-15-26-19(25)16-24-18-10-6-5-9-17(18)23(20(24)21)14-13-22-11-7-4-8-12-22;/h5-6,9-10,21H,2-4,7-8,11-16H2,1H3;1H. The molecule has 0 saturated carbocycles. The molecule has 1 aliphatic rings. The van der Waals surface area contributed by atoms with Crippen LogP contribution >= 0.6 is 17.0 Å². The number of halogens is 1. The molecule has 0 atom stereocenters. The number of hydrogen-bond acceptors (Lipinski definition) is 4. The third kappa shape index (κ3) is 5.45. The molecule has 2 aromatic rings. The van der Waals surface area contributed by atoms with Gasteiger partial charge in [-0.15, -0.1) is 17.0 Å². The Hall–Kier alpha value is -1.60. The summed E-state index contributed by atoms with van der Waals surface area (Å²) >= 11 is 0. The van der Waals surface area contributed by atoms with Crippen molar-refractivity contribution < 1.29 is 9.53 Å². The molecule has 1 aromatic heterocycles. The molecule has 0 spiro atoms. The summed E-state index contributed by atoms with van der Waals surface area (Å²) in [6, 6.07) is 7.95. The number of carbonyl (C=O) groups excluding carboxylic acids is 1. The van der Waals surface area contributed by atoms with Crippen LogP contribution in [0.1, 0.15) is 39.0 Å². The van der Waals surface area contributed by atoms with Crippen molar-refractivity contribution in [1.82, 2.24) is 14.0 Å². The van der Waals surface area contributed by atoms with E-state index in [1.807, 2.05) is 28.8 Å². The monoisotopic (exact) mass is 438 g/mol. The Balaban J connectivity index is 0.00000261. The van der Waals surface area contributed by atoms with Gasteiger partial charge < -0.3 is 14.2 Å². The second kappa shape index (κ2) is 10.7. The van der Waals surface area contributed by atoms with Gasteiger partial charge in [-0.05, 0) is 44.5 Å². The number of nitrogens with one attached hydrogen (secondary N) is 1. The first kappa shape index (κ1) is 21.7. The van der Waals surface area contributed by atoms with Crippen molar-refractivity contribution in [2.24, 2.45) is 0 Å². The van der Waals surface area contributed by atoms with Crippen LogP contribution in [0.25, 0.3) is 11.0 Å². The number of unbranched alkanes of at least 4 members (excludes halogenated alkanes) is 1. The Morgan fingerprint density at radius 1 is 1.07 bits per heavy atom. The van der Waals surface area contributed by atoms with Gasteiger partial charge in [0.1, 0.15) is 6.54 Å². The zero-order valence-corrected chi connectivity index (χ0v) is 17.9. The van der Waals surface area contributed by atoms with Gasteiger partial charge in [0.15, 0.2) is 0 Å². The van der Waals surface area contributed by atoms with E-state index in [-0.39, 0.29) is 29.5 Å². The van der Waals surface area contributed by atoms with Gasteiger partial charge in [-0.1, -0.05) is 31.9 Å². The number of aromatic nitrogens is 2. The van der Waals surface area contributed by atoms with Crippen LogP contribution in [0.4, 0.5) is 0 Å². The Labute approximate surface area is 171 Å². The maximum Gasteiger partial charge on any atom is 0.326 e. The maximum absolute atomic E-state index is 12.2. The molecule has 1 aromatic carbocycles. The lowest BCUT2D eigenvalue weighted by Gasteiger charge is -2.26. The lowest BCUT2D eigenvalue weighted by molar-refractivity contribution is -0.144. The van der Waals surface area contributed by atoms with Gasteiger partial charge in [-0.3, -0.25) is 14.8 Å². The molecule has 7 heteroatoms. The summed E-state index contributed by atoms with van der Waals surface area (Å²) in [7, 11) is 0. The highest BCUT2D eigenvalue weighted by Crippen LogP contribution is 2.14. The molecule has 0 bridgehead atoms. The molecule has 1 saturated heterocycles. The molecule has 2 heterocycles. The number of rotatable bonds is 8. The smallest absolute Gasteiger partial charge is 0.326 e. The predicted octanol–water partition coefficient (Wildman–Crippen LogP) is 3.33. The van der Waals surface area contributed by atoms with Crippen molar-refractivity contribution in [2.45, 2.75) is 52.1 Å². The molecular formula is C20H31BrN4O2. The summed E-state index contributed by atoms with van der Waals surface area (Å²) < 4.78 is 9.07. The van der Waals surface area contributed by atoms with Crippen molar-refractivity contribution in [3.05, 3.63) is 29.9 Å². The van der Waals surface area contributed by atoms with E-state index in [9.17, 15) is 4.79 Å². The number of fused-ring (bicyclic) bond motifs is 1. The maximum atomic E-state index is 12.2. The Morgan fingerprint density at radius 3 is 2.41 bits per heavy atom. The third-order valence-electron chi connectivity index (χ3n) is 5.11. The first-order valence-electron chi connectivity index (χ1n) is 9.81. The normalized spacial score (nSPS) is 14.9. The van der Waals surface area contributed by atoms with E-state index in [0.29, 0.717) is 12.2 Å². The highest BCUT2D eigenvalue weighted by Gasteiger charge is 2.15. The van der Waals surface area contributed by atoms with Gasteiger partial charge in [0.25, 0.3) is 0 Å². The highest BCUT2D eigenvalue weighted by molar-refractivity contribution is 8.93. The molecular weight excluding hydrogens is 408 g/mol. The van der Waals surface area contributed by atoms with E-state index in [2.05, 4.69) is 11.8 Å². The molecule has 0 unspecified atom stereocenters. The number of imidazole rings is 1. The molecule has 0 radical (unpaired) electrons. The van der Waals surface area contributed by atoms with Gasteiger partial charge in [0.2, 0.25) is 5.62 Å². The summed E-state index contributed by atoms with van der Waals surface area (Å²) in [6.07, 6.45) is 5.74. The van der Waals surface area contributed by atoms with Crippen molar-refractivity contribution >= 4 is 34.0 Å². The second-order valence-corrected chi connectivity index (χ2v) is 7.03. The third-order valence-corrected chi connectivity index (χ3v) is 5.11. The molecule has 6 nitrogen and oxygen atoms in total. The Morgan fingerprint density at radius 2 is 1.74 bits per heavy atom. The lowest BCUT2D eigenvalue weighted by atomic mass is 10.1. The minimum atomic E-state index is -0.268. The summed E-state index contributed by atoms with van der Waals surface area (Å²) in [5.74, 6) is -0.268. The number of esters is 1. The molecule has 1 N–H and O–H groups in total. The van der Waals surface area contributed by atoms with Crippen LogP contribution in [0.15, 0.2) is 24.3 Å². The van der Waals surface area contributed by atoms with Crippen molar-refractivity contribution in [3.63, 3.8) is 0 Å². The number of likely N-dealkylation sites (tertiary alicyclic amines) is 1. The number of benzene rings is 1. The van der Waals surface area contributed by atoms with Crippen LogP contribution < -0.4 is 5.62 Å². The second-order valence-electron chi connectivity index (χ2n) is 7.03. The number of piperidine rings is 1. The predicted molar refractivity (Wildman–Crippen MR) is 112 cm³/mol. The molecule has 1 aliphatic heterocycles. The largest absolute Gasteiger partial charge is 0.464 e. The van der Waals surface area contributed by atoms with Crippen molar-refractivity contribution in [1.29, 1.82) is 5.41 Å². The van der Waals surface area contributed by atoms with Crippen LogP contribution in [-0.4, -0.2) is 46.2 Å². The minimum absolute atomic E-state index is 0. The summed E-state index contributed by atoms with van der Waals surface area (Å²) in [5.41, 5.74) is 2.30. The molecule has 3 rings (SSSR count). The lowest BCUT2D eigenvalue weighted by Crippen LogP contribution is -2.35. The summed E-state index contributed by atoms with van der Waals surface area (Å²) in [6.45, 7) is 6.65. The summed E-state index contributed by atoms with van der Waals surface area (Å²) in [5, 5.41) is 8.60. The van der Waals surface area contributed by atoms with Crippen LogP contribution in [0, 0.1) is 5.41 Å².